The van der Waals surface area contributed by atoms with Gasteiger partial charge < -0.3 is 20.7 Å². The maximum Gasteiger partial charge on any atom is 0.254 e. The second kappa shape index (κ2) is 9.38. The van der Waals surface area contributed by atoms with Crippen LogP contribution in [-0.4, -0.2) is 71.2 Å². The fourth-order valence-electron chi connectivity index (χ4n) is 4.14. The molecule has 0 bridgehead atoms. The zero-order valence-corrected chi connectivity index (χ0v) is 20.1. The van der Waals surface area contributed by atoms with Crippen LogP contribution in [0.5, 0.6) is 0 Å². The van der Waals surface area contributed by atoms with Gasteiger partial charge in [-0.15, -0.1) is 0 Å². The van der Waals surface area contributed by atoms with Crippen molar-refractivity contribution in [1.29, 1.82) is 5.41 Å². The van der Waals surface area contributed by atoms with Gasteiger partial charge in [0.1, 0.15) is 5.60 Å². The highest BCUT2D eigenvalue weighted by Crippen LogP contribution is 2.26. The van der Waals surface area contributed by atoms with Gasteiger partial charge in [0.05, 0.1) is 47.6 Å². The molecule has 0 unspecified atom stereocenters. The number of aliphatic hydroxyl groups is 1. The summed E-state index contributed by atoms with van der Waals surface area (Å²) in [5.74, 6) is -0.286. The number of nitrogens with zero attached hydrogens (tertiary/aromatic N) is 6. The highest BCUT2D eigenvalue weighted by atomic mass is 16.3. The number of carbonyl (C=O) groups is 1. The molecule has 10 nitrogen and oxygen atoms in total. The lowest BCUT2D eigenvalue weighted by Crippen LogP contribution is -2.62. The summed E-state index contributed by atoms with van der Waals surface area (Å²) in [7, 11) is 0. The molecule has 34 heavy (non-hydrogen) atoms. The maximum atomic E-state index is 12.1. The number of allylic oxidation sites excluding steroid dienone is 1. The summed E-state index contributed by atoms with van der Waals surface area (Å²) in [5, 5.41) is 30.0. The first-order chi connectivity index (χ1) is 16.2. The molecular weight excluding hydrogens is 432 g/mol. The number of nitrogens with one attached hydrogen (secondary N) is 2. The Kier molecular flexibility index (Phi) is 6.52. The van der Waals surface area contributed by atoms with E-state index in [1.165, 1.54) is 20.1 Å². The zero-order chi connectivity index (χ0) is 24.5. The number of rotatable bonds is 9. The van der Waals surface area contributed by atoms with E-state index >= 15 is 0 Å². The third-order valence-electron chi connectivity index (χ3n) is 6.20. The van der Waals surface area contributed by atoms with E-state index in [-0.39, 0.29) is 11.9 Å². The molecule has 4 rings (SSSR count). The van der Waals surface area contributed by atoms with Crippen LogP contribution in [0.3, 0.4) is 0 Å². The Morgan fingerprint density at radius 3 is 2.68 bits per heavy atom. The minimum Gasteiger partial charge on any atom is -0.384 e. The van der Waals surface area contributed by atoms with Crippen molar-refractivity contribution in [2.75, 3.05) is 13.1 Å². The van der Waals surface area contributed by atoms with Crippen molar-refractivity contribution >= 4 is 23.2 Å². The van der Waals surface area contributed by atoms with Gasteiger partial charge in [-0.05, 0) is 32.8 Å². The molecule has 10 heteroatoms. The molecule has 3 aromatic heterocycles. The lowest BCUT2D eigenvalue weighted by Gasteiger charge is -2.41. The molecule has 0 radical (unpaired) electrons. The van der Waals surface area contributed by atoms with Crippen LogP contribution >= 0.6 is 0 Å². The van der Waals surface area contributed by atoms with E-state index in [1.807, 2.05) is 23.1 Å². The van der Waals surface area contributed by atoms with Gasteiger partial charge in [-0.1, -0.05) is 13.8 Å². The Hall–Kier alpha value is -3.53. The summed E-state index contributed by atoms with van der Waals surface area (Å²) in [6, 6.07) is 2.30. The molecule has 3 N–H and O–H groups in total. The topological polar surface area (TPSA) is 124 Å². The van der Waals surface area contributed by atoms with Gasteiger partial charge in [0.15, 0.2) is 0 Å². The van der Waals surface area contributed by atoms with Crippen molar-refractivity contribution in [2.24, 2.45) is 0 Å². The molecular formula is C24H32N8O2. The first kappa shape index (κ1) is 23.6. The number of amides is 1. The maximum absolute atomic E-state index is 12.1. The molecule has 3 aromatic rings. The van der Waals surface area contributed by atoms with E-state index in [9.17, 15) is 9.90 Å². The van der Waals surface area contributed by atoms with E-state index in [0.717, 1.165) is 29.6 Å². The first-order valence-corrected chi connectivity index (χ1v) is 11.6. The summed E-state index contributed by atoms with van der Waals surface area (Å²) in [5.41, 5.74) is 2.35. The summed E-state index contributed by atoms with van der Waals surface area (Å²) in [6.07, 6.45) is 12.4. The van der Waals surface area contributed by atoms with Gasteiger partial charge in [0, 0.05) is 42.8 Å². The molecule has 0 aliphatic carbocycles. The van der Waals surface area contributed by atoms with E-state index in [4.69, 9.17) is 10.4 Å². The fraction of sp³-hybridized carbons (Fsp3) is 0.458. The van der Waals surface area contributed by atoms with Crippen molar-refractivity contribution in [3.63, 3.8) is 0 Å². The Morgan fingerprint density at radius 2 is 2.03 bits per heavy atom. The van der Waals surface area contributed by atoms with E-state index in [2.05, 4.69) is 29.4 Å². The first-order valence-electron chi connectivity index (χ1n) is 11.6. The molecule has 180 valence electrons. The highest BCUT2D eigenvalue weighted by molar-refractivity contribution is 6.07. The number of hydrogen-bond acceptors (Lipinski definition) is 7. The predicted molar refractivity (Wildman–Crippen MR) is 130 cm³/mol. The lowest BCUT2D eigenvalue weighted by molar-refractivity contribution is -0.152. The summed E-state index contributed by atoms with van der Waals surface area (Å²) in [6.45, 7) is 8.28. The Balaban J connectivity index is 1.57. The second-order valence-electron chi connectivity index (χ2n) is 9.19. The van der Waals surface area contributed by atoms with Gasteiger partial charge in [0.2, 0.25) is 0 Å². The Morgan fingerprint density at radius 1 is 1.29 bits per heavy atom. The van der Waals surface area contributed by atoms with Gasteiger partial charge in [-0.25, -0.2) is 9.50 Å². The second-order valence-corrected chi connectivity index (χ2v) is 9.19. The van der Waals surface area contributed by atoms with Crippen LogP contribution in [0.15, 0.2) is 37.1 Å². The normalized spacial score (nSPS) is 15.1. The third kappa shape index (κ3) is 4.58. The molecule has 0 atom stereocenters. The minimum absolute atomic E-state index is 0.0485. The van der Waals surface area contributed by atoms with Crippen LogP contribution in [0.4, 0.5) is 0 Å². The van der Waals surface area contributed by atoms with Gasteiger partial charge >= 0.3 is 0 Å². The highest BCUT2D eigenvalue weighted by Gasteiger charge is 2.37. The molecule has 1 aliphatic heterocycles. The molecule has 4 heterocycles. The standard InChI is InChI=1S/C24H32N8O2/c1-5-19(6-2)31-12-17(11-28-31)22-21-7-8-27-32(21)15-20(29-22)16(9-25)10-26-18-13-30(14-18)23(33)24(3,4)34/h7-12,15,18-19,25-26,34H,5-6,13-14H2,1-4H3/b16-10+,25-9?. The van der Waals surface area contributed by atoms with Crippen LogP contribution in [0.1, 0.15) is 52.3 Å². The van der Waals surface area contributed by atoms with Crippen molar-refractivity contribution in [3.05, 3.63) is 42.7 Å². The Bertz CT molecular complexity index is 1210. The fourth-order valence-corrected chi connectivity index (χ4v) is 4.14. The third-order valence-corrected chi connectivity index (χ3v) is 6.20. The minimum atomic E-state index is -1.37. The zero-order valence-electron chi connectivity index (χ0n) is 20.1. The summed E-state index contributed by atoms with van der Waals surface area (Å²) in [4.78, 5) is 18.6. The number of likely N-dealkylation sites (tertiary alicyclic amines) is 1. The van der Waals surface area contributed by atoms with E-state index in [0.29, 0.717) is 30.4 Å². The Labute approximate surface area is 198 Å². The van der Waals surface area contributed by atoms with Gasteiger partial charge in [0.25, 0.3) is 5.91 Å². The van der Waals surface area contributed by atoms with Crippen molar-refractivity contribution in [1.82, 2.24) is 34.6 Å². The van der Waals surface area contributed by atoms with E-state index in [1.54, 1.807) is 28.0 Å². The number of aromatic nitrogens is 5. The average molecular weight is 465 g/mol. The summed E-state index contributed by atoms with van der Waals surface area (Å²) >= 11 is 0. The van der Waals surface area contributed by atoms with Crippen LogP contribution < -0.4 is 5.32 Å². The van der Waals surface area contributed by atoms with Crippen LogP contribution in [0.25, 0.3) is 22.3 Å². The number of carbonyl (C=O) groups excluding carboxylic acids is 1. The van der Waals surface area contributed by atoms with Crippen LogP contribution in [0, 0.1) is 5.41 Å². The van der Waals surface area contributed by atoms with E-state index < -0.39 is 5.60 Å². The van der Waals surface area contributed by atoms with Crippen molar-refractivity contribution in [3.8, 4) is 11.3 Å². The molecule has 1 saturated heterocycles. The SMILES string of the molecule is CCC(CC)n1cc(-c2nc(/C(C=N)=C/NC3CN(C(=O)C(C)(C)O)C3)cn3nccc23)cn1. The molecule has 0 aromatic carbocycles. The quantitative estimate of drug-likeness (QED) is 0.418. The monoisotopic (exact) mass is 464 g/mol. The van der Waals surface area contributed by atoms with Crippen molar-refractivity contribution < 1.29 is 9.90 Å². The predicted octanol–water partition coefficient (Wildman–Crippen LogP) is 2.52. The molecule has 1 aliphatic rings. The number of hydrogen-bond donors (Lipinski definition) is 3. The summed E-state index contributed by atoms with van der Waals surface area (Å²) < 4.78 is 3.75. The lowest BCUT2D eigenvalue weighted by atomic mass is 10.0. The molecule has 0 spiro atoms. The molecule has 1 amide bonds. The van der Waals surface area contributed by atoms with Gasteiger partial charge in [-0.3, -0.25) is 9.48 Å². The largest absolute Gasteiger partial charge is 0.384 e. The van der Waals surface area contributed by atoms with Crippen molar-refractivity contribution in [2.45, 2.75) is 58.2 Å². The molecule has 0 saturated carbocycles. The van der Waals surface area contributed by atoms with Crippen LogP contribution in [-0.2, 0) is 4.79 Å². The smallest absolute Gasteiger partial charge is 0.254 e. The molecule has 1 fully saturated rings. The number of fused-ring (bicyclic) bond motifs is 1. The van der Waals surface area contributed by atoms with Gasteiger partial charge in [-0.2, -0.15) is 10.2 Å². The van der Waals surface area contributed by atoms with Crippen LogP contribution in [0.2, 0.25) is 0 Å². The average Bonchev–Trinajstić information content (AvgIpc) is 3.44.